The van der Waals surface area contributed by atoms with Crippen LogP contribution in [0.3, 0.4) is 0 Å². The third-order valence-electron chi connectivity index (χ3n) is 2.46. The van der Waals surface area contributed by atoms with Crippen molar-refractivity contribution >= 4 is 11.9 Å². The number of carboxylic acid groups (broad SMARTS) is 1. The number of carbonyl (C=O) groups is 2. The van der Waals surface area contributed by atoms with Gasteiger partial charge in [-0.1, -0.05) is 20.8 Å². The first kappa shape index (κ1) is 15.9. The first-order valence-electron chi connectivity index (χ1n) is 6.01. The standard InChI is InChI=1S/C12H24N2O3/c1-9(2)5-6-13-11(15)8-14(4)7-10(3)12(16)17/h9-10H,5-8H2,1-4H3,(H,13,15)(H,16,17). The summed E-state index contributed by atoms with van der Waals surface area (Å²) >= 11 is 0. The van der Waals surface area contributed by atoms with Crippen molar-refractivity contribution in [1.82, 2.24) is 10.2 Å². The Hall–Kier alpha value is -1.10. The highest BCUT2D eigenvalue weighted by atomic mass is 16.4. The summed E-state index contributed by atoms with van der Waals surface area (Å²) in [7, 11) is 1.75. The fourth-order valence-corrected chi connectivity index (χ4v) is 1.41. The summed E-state index contributed by atoms with van der Waals surface area (Å²) < 4.78 is 0. The molecular weight excluding hydrogens is 220 g/mol. The molecule has 0 fully saturated rings. The minimum absolute atomic E-state index is 0.0502. The van der Waals surface area contributed by atoms with Crippen LogP contribution in [0, 0.1) is 11.8 Å². The SMILES string of the molecule is CC(C)CCNC(=O)CN(C)CC(C)C(=O)O. The molecule has 0 spiro atoms. The van der Waals surface area contributed by atoms with Gasteiger partial charge in [-0.15, -0.1) is 0 Å². The zero-order chi connectivity index (χ0) is 13.4. The van der Waals surface area contributed by atoms with Crippen molar-refractivity contribution in [3.63, 3.8) is 0 Å². The largest absolute Gasteiger partial charge is 0.481 e. The van der Waals surface area contributed by atoms with Crippen molar-refractivity contribution < 1.29 is 14.7 Å². The number of amides is 1. The second-order valence-electron chi connectivity index (χ2n) is 4.97. The third-order valence-corrected chi connectivity index (χ3v) is 2.46. The number of aliphatic carboxylic acids is 1. The molecule has 0 heterocycles. The molecule has 1 atom stereocenters. The highest BCUT2D eigenvalue weighted by Gasteiger charge is 2.15. The number of carbonyl (C=O) groups excluding carboxylic acids is 1. The highest BCUT2D eigenvalue weighted by Crippen LogP contribution is 1.98. The van der Waals surface area contributed by atoms with E-state index in [1.807, 2.05) is 0 Å². The summed E-state index contributed by atoms with van der Waals surface area (Å²) in [6, 6.07) is 0. The third kappa shape index (κ3) is 8.68. The van der Waals surface area contributed by atoms with Gasteiger partial charge < -0.3 is 10.4 Å². The van der Waals surface area contributed by atoms with Crippen LogP contribution in [0.4, 0.5) is 0 Å². The molecule has 5 heteroatoms. The normalized spacial score (nSPS) is 12.8. The van der Waals surface area contributed by atoms with Crippen LogP contribution in [-0.2, 0) is 9.59 Å². The van der Waals surface area contributed by atoms with Crippen molar-refractivity contribution in [3.8, 4) is 0 Å². The lowest BCUT2D eigenvalue weighted by Crippen LogP contribution is -2.38. The monoisotopic (exact) mass is 244 g/mol. The fraction of sp³-hybridized carbons (Fsp3) is 0.833. The topological polar surface area (TPSA) is 69.6 Å². The first-order chi connectivity index (χ1) is 7.82. The van der Waals surface area contributed by atoms with Gasteiger partial charge in [0.25, 0.3) is 0 Å². The van der Waals surface area contributed by atoms with Gasteiger partial charge in [-0.2, -0.15) is 0 Å². The molecule has 0 aliphatic heterocycles. The van der Waals surface area contributed by atoms with Gasteiger partial charge in [0.05, 0.1) is 12.5 Å². The second-order valence-corrected chi connectivity index (χ2v) is 4.97. The number of hydrogen-bond donors (Lipinski definition) is 2. The van der Waals surface area contributed by atoms with Gasteiger partial charge in [0.15, 0.2) is 0 Å². The van der Waals surface area contributed by atoms with Crippen molar-refractivity contribution in [1.29, 1.82) is 0 Å². The molecule has 0 aromatic heterocycles. The Bertz CT molecular complexity index is 254. The molecule has 0 aromatic rings. The lowest BCUT2D eigenvalue weighted by Gasteiger charge is -2.18. The molecule has 100 valence electrons. The molecule has 0 saturated heterocycles. The van der Waals surface area contributed by atoms with E-state index in [1.165, 1.54) is 0 Å². The van der Waals surface area contributed by atoms with Gasteiger partial charge in [0.1, 0.15) is 0 Å². The van der Waals surface area contributed by atoms with Gasteiger partial charge in [0, 0.05) is 13.1 Å². The van der Waals surface area contributed by atoms with E-state index in [0.717, 1.165) is 6.42 Å². The lowest BCUT2D eigenvalue weighted by atomic mass is 10.1. The molecule has 1 amide bonds. The van der Waals surface area contributed by atoms with Crippen LogP contribution < -0.4 is 5.32 Å². The van der Waals surface area contributed by atoms with E-state index in [-0.39, 0.29) is 12.5 Å². The Morgan fingerprint density at radius 1 is 1.29 bits per heavy atom. The molecule has 0 radical (unpaired) electrons. The van der Waals surface area contributed by atoms with E-state index in [4.69, 9.17) is 5.11 Å². The second kappa shape index (κ2) is 8.06. The maximum atomic E-state index is 11.5. The smallest absolute Gasteiger partial charge is 0.307 e. The van der Waals surface area contributed by atoms with Gasteiger partial charge in [-0.05, 0) is 19.4 Å². The summed E-state index contributed by atoms with van der Waals surface area (Å²) in [5.74, 6) is -0.772. The van der Waals surface area contributed by atoms with Crippen LogP contribution in [-0.4, -0.2) is 48.6 Å². The van der Waals surface area contributed by atoms with E-state index in [2.05, 4.69) is 19.2 Å². The Labute approximate surface area is 103 Å². The minimum Gasteiger partial charge on any atom is -0.481 e. The van der Waals surface area contributed by atoms with Crippen LogP contribution in [0.15, 0.2) is 0 Å². The molecule has 2 N–H and O–H groups in total. The Morgan fingerprint density at radius 3 is 2.35 bits per heavy atom. The van der Waals surface area contributed by atoms with E-state index in [0.29, 0.717) is 19.0 Å². The summed E-state index contributed by atoms with van der Waals surface area (Å²) in [6.07, 6.45) is 0.959. The van der Waals surface area contributed by atoms with E-state index in [9.17, 15) is 9.59 Å². The quantitative estimate of drug-likeness (QED) is 0.662. The molecule has 1 unspecified atom stereocenters. The minimum atomic E-state index is -0.836. The van der Waals surface area contributed by atoms with E-state index in [1.54, 1.807) is 18.9 Å². The molecule has 0 aliphatic carbocycles. The van der Waals surface area contributed by atoms with Gasteiger partial charge in [-0.3, -0.25) is 14.5 Å². The van der Waals surface area contributed by atoms with Crippen molar-refractivity contribution in [2.75, 3.05) is 26.7 Å². The maximum absolute atomic E-state index is 11.5. The first-order valence-corrected chi connectivity index (χ1v) is 6.01. The molecule has 0 aromatic carbocycles. The summed E-state index contributed by atoms with van der Waals surface area (Å²) in [4.78, 5) is 23.9. The number of nitrogens with one attached hydrogen (secondary N) is 1. The number of likely N-dealkylation sites (N-methyl/N-ethyl adjacent to an activating group) is 1. The van der Waals surface area contributed by atoms with Crippen molar-refractivity contribution in [2.45, 2.75) is 27.2 Å². The highest BCUT2D eigenvalue weighted by molar-refractivity contribution is 5.78. The lowest BCUT2D eigenvalue weighted by molar-refractivity contribution is -0.142. The van der Waals surface area contributed by atoms with Gasteiger partial charge in [-0.25, -0.2) is 0 Å². The number of carboxylic acids is 1. The number of rotatable bonds is 8. The summed E-state index contributed by atoms with van der Waals surface area (Å²) in [5.41, 5.74) is 0. The van der Waals surface area contributed by atoms with Crippen LogP contribution in [0.2, 0.25) is 0 Å². The fourth-order valence-electron chi connectivity index (χ4n) is 1.41. The van der Waals surface area contributed by atoms with Crippen LogP contribution >= 0.6 is 0 Å². The van der Waals surface area contributed by atoms with Crippen LogP contribution in [0.5, 0.6) is 0 Å². The molecule has 5 nitrogen and oxygen atoms in total. The van der Waals surface area contributed by atoms with Crippen molar-refractivity contribution in [3.05, 3.63) is 0 Å². The average Bonchev–Trinajstić information content (AvgIpc) is 2.16. The number of nitrogens with zero attached hydrogens (tertiary/aromatic N) is 1. The Morgan fingerprint density at radius 2 is 1.88 bits per heavy atom. The van der Waals surface area contributed by atoms with E-state index >= 15 is 0 Å². The number of hydrogen-bond acceptors (Lipinski definition) is 3. The molecular formula is C12H24N2O3. The van der Waals surface area contributed by atoms with Crippen molar-refractivity contribution in [2.24, 2.45) is 11.8 Å². The molecule has 0 bridgehead atoms. The Balaban J connectivity index is 3.76. The van der Waals surface area contributed by atoms with Crippen LogP contribution in [0.1, 0.15) is 27.2 Å². The molecule has 17 heavy (non-hydrogen) atoms. The van der Waals surface area contributed by atoms with E-state index < -0.39 is 11.9 Å². The summed E-state index contributed by atoms with van der Waals surface area (Å²) in [5, 5.41) is 11.6. The Kier molecular flexibility index (Phi) is 7.54. The predicted octanol–water partition coefficient (Wildman–Crippen LogP) is 0.801. The predicted molar refractivity (Wildman–Crippen MR) is 66.8 cm³/mol. The van der Waals surface area contributed by atoms with Gasteiger partial charge >= 0.3 is 5.97 Å². The zero-order valence-corrected chi connectivity index (χ0v) is 11.2. The molecule has 0 aliphatic rings. The zero-order valence-electron chi connectivity index (χ0n) is 11.2. The molecule has 0 rings (SSSR count). The van der Waals surface area contributed by atoms with Gasteiger partial charge in [0.2, 0.25) is 5.91 Å². The average molecular weight is 244 g/mol. The maximum Gasteiger partial charge on any atom is 0.307 e. The van der Waals surface area contributed by atoms with Crippen LogP contribution in [0.25, 0.3) is 0 Å². The summed E-state index contributed by atoms with van der Waals surface area (Å²) in [6.45, 7) is 7.15. The molecule has 0 saturated carbocycles.